The Morgan fingerprint density at radius 2 is 1.66 bits per heavy atom. The molecule has 0 spiro atoms. The third kappa shape index (κ3) is 7.69. The molecule has 0 saturated carbocycles. The largest absolute Gasteiger partial charge is 0.490 e. The summed E-state index contributed by atoms with van der Waals surface area (Å²) in [5.74, 6) is 0.854. The summed E-state index contributed by atoms with van der Waals surface area (Å²) in [4.78, 5) is 25.3. The molecule has 1 N–H and O–H groups in total. The van der Waals surface area contributed by atoms with E-state index in [1.54, 1.807) is 30.0 Å². The van der Waals surface area contributed by atoms with Crippen molar-refractivity contribution in [2.24, 2.45) is 0 Å². The average Bonchev–Trinajstić information content (AvgIpc) is 2.72. The minimum atomic E-state index is -0.585. The van der Waals surface area contributed by atoms with E-state index in [0.717, 1.165) is 10.6 Å². The molecule has 0 radical (unpaired) electrons. The standard InChI is InChI=1S/C22H27NO5S/c1-4-26-19-11-8-17(14-20(19)27-5-2)22(25)28-15-21(24)23-12-13-29-18-9-6-16(3)7-10-18/h6-11,14H,4-5,12-13,15H2,1-3H3,(H,23,24). The molecule has 0 aromatic heterocycles. The highest BCUT2D eigenvalue weighted by Crippen LogP contribution is 2.28. The lowest BCUT2D eigenvalue weighted by atomic mass is 10.2. The summed E-state index contributed by atoms with van der Waals surface area (Å²) in [6, 6.07) is 13.0. The van der Waals surface area contributed by atoms with Crippen LogP contribution in [0.2, 0.25) is 0 Å². The Hall–Kier alpha value is -2.67. The molecule has 2 aromatic rings. The normalized spacial score (nSPS) is 10.3. The maximum Gasteiger partial charge on any atom is 0.338 e. The molecule has 1 amide bonds. The van der Waals surface area contributed by atoms with Gasteiger partial charge in [-0.3, -0.25) is 4.79 Å². The van der Waals surface area contributed by atoms with E-state index in [1.807, 2.05) is 20.8 Å². The second-order valence-corrected chi connectivity index (χ2v) is 7.28. The summed E-state index contributed by atoms with van der Waals surface area (Å²) in [5, 5.41) is 2.75. The summed E-state index contributed by atoms with van der Waals surface area (Å²) >= 11 is 1.66. The lowest BCUT2D eigenvalue weighted by molar-refractivity contribution is -0.124. The van der Waals surface area contributed by atoms with Gasteiger partial charge in [0.05, 0.1) is 18.8 Å². The number of rotatable bonds is 11. The lowest BCUT2D eigenvalue weighted by Gasteiger charge is -2.12. The van der Waals surface area contributed by atoms with Gasteiger partial charge in [-0.2, -0.15) is 0 Å². The summed E-state index contributed by atoms with van der Waals surface area (Å²) in [7, 11) is 0. The van der Waals surface area contributed by atoms with Crippen molar-refractivity contribution in [3.63, 3.8) is 0 Å². The van der Waals surface area contributed by atoms with Crippen molar-refractivity contribution in [2.45, 2.75) is 25.7 Å². The highest BCUT2D eigenvalue weighted by molar-refractivity contribution is 7.99. The van der Waals surface area contributed by atoms with Gasteiger partial charge in [-0.25, -0.2) is 4.79 Å². The Kier molecular flexibility index (Phi) is 9.37. The molecule has 0 aliphatic carbocycles. The molecule has 6 nitrogen and oxygen atoms in total. The molecule has 0 atom stereocenters. The Morgan fingerprint density at radius 3 is 2.34 bits per heavy atom. The topological polar surface area (TPSA) is 73.9 Å². The summed E-state index contributed by atoms with van der Waals surface area (Å²) < 4.78 is 16.1. The predicted octanol–water partition coefficient (Wildman–Crippen LogP) is 3.86. The Bertz CT molecular complexity index is 807. The molecule has 29 heavy (non-hydrogen) atoms. The van der Waals surface area contributed by atoms with Crippen molar-refractivity contribution in [3.8, 4) is 11.5 Å². The van der Waals surface area contributed by atoms with Gasteiger partial charge in [-0.15, -0.1) is 11.8 Å². The van der Waals surface area contributed by atoms with Gasteiger partial charge in [0.25, 0.3) is 5.91 Å². The van der Waals surface area contributed by atoms with E-state index in [2.05, 4.69) is 29.6 Å². The van der Waals surface area contributed by atoms with Gasteiger partial charge in [-0.05, 0) is 51.1 Å². The second-order valence-electron chi connectivity index (χ2n) is 6.12. The first-order valence-electron chi connectivity index (χ1n) is 9.56. The van der Waals surface area contributed by atoms with E-state index >= 15 is 0 Å². The first kappa shape index (κ1) is 22.6. The molecule has 2 rings (SSSR count). The minimum Gasteiger partial charge on any atom is -0.490 e. The van der Waals surface area contributed by atoms with Crippen molar-refractivity contribution in [2.75, 3.05) is 32.1 Å². The summed E-state index contributed by atoms with van der Waals surface area (Å²) in [6.45, 7) is 6.87. The fraction of sp³-hybridized carbons (Fsp3) is 0.364. The first-order chi connectivity index (χ1) is 14.0. The van der Waals surface area contributed by atoms with Crippen molar-refractivity contribution >= 4 is 23.6 Å². The molecule has 0 saturated heterocycles. The second kappa shape index (κ2) is 12.0. The van der Waals surface area contributed by atoms with Crippen LogP contribution >= 0.6 is 11.8 Å². The molecule has 0 aliphatic heterocycles. The van der Waals surface area contributed by atoms with Gasteiger partial charge in [0.1, 0.15) is 0 Å². The molecule has 2 aromatic carbocycles. The number of amides is 1. The van der Waals surface area contributed by atoms with Crippen LogP contribution in [0.5, 0.6) is 11.5 Å². The van der Waals surface area contributed by atoms with Crippen LogP contribution in [0.4, 0.5) is 0 Å². The van der Waals surface area contributed by atoms with E-state index in [4.69, 9.17) is 14.2 Å². The number of aryl methyl sites for hydroxylation is 1. The van der Waals surface area contributed by atoms with Gasteiger partial charge < -0.3 is 19.5 Å². The Balaban J connectivity index is 1.75. The van der Waals surface area contributed by atoms with E-state index < -0.39 is 5.97 Å². The summed E-state index contributed by atoms with van der Waals surface area (Å²) in [5.41, 5.74) is 1.52. The van der Waals surface area contributed by atoms with Crippen molar-refractivity contribution in [1.29, 1.82) is 0 Å². The van der Waals surface area contributed by atoms with Gasteiger partial charge in [0.15, 0.2) is 18.1 Å². The zero-order valence-electron chi connectivity index (χ0n) is 17.0. The number of ether oxygens (including phenoxy) is 3. The monoisotopic (exact) mass is 417 g/mol. The van der Waals surface area contributed by atoms with Gasteiger partial charge in [-0.1, -0.05) is 17.7 Å². The van der Waals surface area contributed by atoms with Crippen molar-refractivity contribution in [3.05, 3.63) is 53.6 Å². The number of hydrogen-bond acceptors (Lipinski definition) is 6. The fourth-order valence-electron chi connectivity index (χ4n) is 2.44. The maximum absolute atomic E-state index is 12.2. The number of carbonyl (C=O) groups excluding carboxylic acids is 2. The zero-order valence-corrected chi connectivity index (χ0v) is 17.8. The van der Waals surface area contributed by atoms with Gasteiger partial charge in [0.2, 0.25) is 0 Å². The zero-order chi connectivity index (χ0) is 21.1. The molecular formula is C22H27NO5S. The van der Waals surface area contributed by atoms with Crippen LogP contribution in [0.1, 0.15) is 29.8 Å². The highest BCUT2D eigenvalue weighted by Gasteiger charge is 2.14. The molecule has 0 aliphatic rings. The van der Waals surface area contributed by atoms with Crippen LogP contribution in [-0.4, -0.2) is 44.0 Å². The quantitative estimate of drug-likeness (QED) is 0.340. The molecular weight excluding hydrogens is 390 g/mol. The third-order valence-corrected chi connectivity index (χ3v) is 4.84. The number of esters is 1. The van der Waals surface area contributed by atoms with Gasteiger partial charge in [0, 0.05) is 17.2 Å². The van der Waals surface area contributed by atoms with Crippen LogP contribution in [0.15, 0.2) is 47.4 Å². The fourth-order valence-corrected chi connectivity index (χ4v) is 3.21. The number of carbonyl (C=O) groups is 2. The smallest absolute Gasteiger partial charge is 0.338 e. The van der Waals surface area contributed by atoms with E-state index in [-0.39, 0.29) is 12.5 Å². The molecule has 0 bridgehead atoms. The SMILES string of the molecule is CCOc1ccc(C(=O)OCC(=O)NCCSc2ccc(C)cc2)cc1OCC. The molecule has 7 heteroatoms. The number of nitrogens with one attached hydrogen (secondary N) is 1. The van der Waals surface area contributed by atoms with Gasteiger partial charge >= 0.3 is 5.97 Å². The molecule has 0 heterocycles. The Labute approximate surface area is 175 Å². The van der Waals surface area contributed by atoms with E-state index in [9.17, 15) is 9.59 Å². The average molecular weight is 418 g/mol. The summed E-state index contributed by atoms with van der Waals surface area (Å²) in [6.07, 6.45) is 0. The minimum absolute atomic E-state index is 0.305. The van der Waals surface area contributed by atoms with Crippen LogP contribution in [0, 0.1) is 6.92 Å². The highest BCUT2D eigenvalue weighted by atomic mass is 32.2. The predicted molar refractivity (Wildman–Crippen MR) is 114 cm³/mol. The Morgan fingerprint density at radius 1 is 0.966 bits per heavy atom. The van der Waals surface area contributed by atoms with Crippen LogP contribution in [0.3, 0.4) is 0 Å². The maximum atomic E-state index is 12.2. The van der Waals surface area contributed by atoms with Crippen molar-refractivity contribution in [1.82, 2.24) is 5.32 Å². The number of hydrogen-bond donors (Lipinski definition) is 1. The number of thioether (sulfide) groups is 1. The first-order valence-corrected chi connectivity index (χ1v) is 10.5. The van der Waals surface area contributed by atoms with Crippen LogP contribution < -0.4 is 14.8 Å². The number of benzene rings is 2. The van der Waals surface area contributed by atoms with E-state index in [0.29, 0.717) is 36.8 Å². The van der Waals surface area contributed by atoms with Crippen molar-refractivity contribution < 1.29 is 23.8 Å². The van der Waals surface area contributed by atoms with Crippen LogP contribution in [-0.2, 0) is 9.53 Å². The molecule has 0 fully saturated rings. The molecule has 0 unspecified atom stereocenters. The van der Waals surface area contributed by atoms with Crippen LogP contribution in [0.25, 0.3) is 0 Å². The molecule has 156 valence electrons. The van der Waals surface area contributed by atoms with E-state index in [1.165, 1.54) is 5.56 Å². The lowest BCUT2D eigenvalue weighted by Crippen LogP contribution is -2.30. The third-order valence-electron chi connectivity index (χ3n) is 3.83.